The van der Waals surface area contributed by atoms with Crippen molar-refractivity contribution in [2.24, 2.45) is 5.10 Å². The summed E-state index contributed by atoms with van der Waals surface area (Å²) in [6.07, 6.45) is 4.78. The highest BCUT2D eigenvalue weighted by atomic mass is 32.1. The first-order valence-electron chi connectivity index (χ1n) is 18.6. The van der Waals surface area contributed by atoms with Crippen molar-refractivity contribution in [3.8, 4) is 11.5 Å². The molecule has 4 aromatic carbocycles. The van der Waals surface area contributed by atoms with Crippen LogP contribution >= 0.6 is 11.3 Å². The lowest BCUT2D eigenvalue weighted by atomic mass is 10.0. The van der Waals surface area contributed by atoms with Gasteiger partial charge in [-0.2, -0.15) is 5.10 Å². The van der Waals surface area contributed by atoms with E-state index in [9.17, 15) is 19.5 Å². The lowest BCUT2D eigenvalue weighted by molar-refractivity contribution is -0.138. The molecule has 0 aliphatic heterocycles. The average molecular weight is 808 g/mol. The fourth-order valence-corrected chi connectivity index (χ4v) is 6.14. The van der Waals surface area contributed by atoms with E-state index in [2.05, 4.69) is 28.7 Å². The number of rotatable bonds is 24. The molecule has 0 bridgehead atoms. The number of hydrogen-bond donors (Lipinski definition) is 2. The SMILES string of the molecule is C=CC(=O)OCCCOc1ccc(C(=O)OCCc2ccc(CCOC(O)c3ccc(OCCCOC(=O)C=C)cc3)c(/C=N/Nc3nc4ccccc4s3)c2)cc1. The van der Waals surface area contributed by atoms with Crippen LogP contribution in [0, 0.1) is 0 Å². The Bertz CT molecular complexity index is 2120. The summed E-state index contributed by atoms with van der Waals surface area (Å²) in [6.45, 7) is 8.26. The molecule has 5 aromatic rings. The molecule has 1 aromatic heterocycles. The lowest BCUT2D eigenvalue weighted by Gasteiger charge is -2.14. The Morgan fingerprint density at radius 2 is 1.41 bits per heavy atom. The second-order valence-corrected chi connectivity index (χ2v) is 13.5. The van der Waals surface area contributed by atoms with E-state index < -0.39 is 24.2 Å². The summed E-state index contributed by atoms with van der Waals surface area (Å²) < 4.78 is 33.6. The zero-order valence-electron chi connectivity index (χ0n) is 31.9. The number of nitrogens with one attached hydrogen (secondary N) is 1. The van der Waals surface area contributed by atoms with Gasteiger partial charge in [0.25, 0.3) is 0 Å². The topological polar surface area (TPSA) is 164 Å². The number of aromatic nitrogens is 1. The van der Waals surface area contributed by atoms with Crippen LogP contribution in [-0.4, -0.2) is 73.9 Å². The quantitative estimate of drug-likeness (QED) is 0.0121. The van der Waals surface area contributed by atoms with Gasteiger partial charge in [-0.1, -0.05) is 60.9 Å². The number of esters is 3. The predicted octanol–water partition coefficient (Wildman–Crippen LogP) is 7.39. The third-order valence-electron chi connectivity index (χ3n) is 8.33. The number of carbonyl (C=O) groups excluding carboxylic acids is 3. The summed E-state index contributed by atoms with van der Waals surface area (Å²) in [7, 11) is 0. The smallest absolute Gasteiger partial charge is 0.338 e. The van der Waals surface area contributed by atoms with Crippen LogP contribution in [0.15, 0.2) is 121 Å². The van der Waals surface area contributed by atoms with E-state index in [0.717, 1.165) is 39.1 Å². The van der Waals surface area contributed by atoms with Crippen LogP contribution in [-0.2, 0) is 41.4 Å². The molecule has 0 spiro atoms. The monoisotopic (exact) mass is 807 g/mol. The van der Waals surface area contributed by atoms with E-state index >= 15 is 0 Å². The molecule has 0 radical (unpaired) electrons. The fraction of sp³-hybridized carbons (Fsp3) is 0.250. The molecular weight excluding hydrogens is 763 g/mol. The first kappa shape index (κ1) is 42.8. The van der Waals surface area contributed by atoms with E-state index in [1.807, 2.05) is 42.5 Å². The zero-order chi connectivity index (χ0) is 41.0. The van der Waals surface area contributed by atoms with Gasteiger partial charge in [-0.15, -0.1) is 0 Å². The molecule has 0 amide bonds. The minimum Gasteiger partial charge on any atom is -0.493 e. The molecule has 5 rings (SSSR count). The zero-order valence-corrected chi connectivity index (χ0v) is 32.7. The molecule has 0 aliphatic carbocycles. The van der Waals surface area contributed by atoms with E-state index in [4.69, 9.17) is 28.4 Å². The number of carbonyl (C=O) groups is 3. The molecule has 1 heterocycles. The molecule has 14 heteroatoms. The summed E-state index contributed by atoms with van der Waals surface area (Å²) in [4.78, 5) is 39.6. The van der Waals surface area contributed by atoms with Crippen LogP contribution < -0.4 is 14.9 Å². The van der Waals surface area contributed by atoms with Gasteiger partial charge in [0, 0.05) is 37.0 Å². The summed E-state index contributed by atoms with van der Waals surface area (Å²) in [6, 6.07) is 27.3. The van der Waals surface area contributed by atoms with Crippen molar-refractivity contribution in [1.29, 1.82) is 0 Å². The number of ether oxygens (including phenoxy) is 6. The third kappa shape index (κ3) is 14.0. The standard InChI is InChI=1S/C44H45N3O10S/c1-3-40(48)54-25-7-23-52-36-17-13-33(14-18-36)42(50)56-27-21-31-11-12-32(35(29-31)30-45-47-44-46-38-9-5-6-10-39(38)58-44)22-28-57-43(51)34-15-19-37(20-16-34)53-24-8-26-55-41(49)4-2/h3-6,9-20,29-30,43,51H,1-2,7-8,21-28H2,(H,46,47)/b45-30+. The molecule has 0 aliphatic rings. The van der Waals surface area contributed by atoms with E-state index in [-0.39, 0.29) is 26.4 Å². The highest BCUT2D eigenvalue weighted by Crippen LogP contribution is 2.25. The van der Waals surface area contributed by atoms with Crippen LogP contribution in [0.2, 0.25) is 0 Å². The number of anilines is 1. The Kier molecular flexibility index (Phi) is 17.0. The Morgan fingerprint density at radius 3 is 2.07 bits per heavy atom. The van der Waals surface area contributed by atoms with E-state index in [0.29, 0.717) is 66.7 Å². The number of para-hydroxylation sites is 1. The Balaban J connectivity index is 1.13. The van der Waals surface area contributed by atoms with Gasteiger partial charge in [-0.05, 0) is 77.7 Å². The maximum atomic E-state index is 12.8. The number of nitrogens with zero attached hydrogens (tertiary/aromatic N) is 2. The number of thiazole rings is 1. The molecule has 302 valence electrons. The molecule has 58 heavy (non-hydrogen) atoms. The van der Waals surface area contributed by atoms with Crippen LogP contribution in [0.1, 0.15) is 51.7 Å². The Morgan fingerprint density at radius 1 is 0.759 bits per heavy atom. The molecular formula is C44H45N3O10S. The van der Waals surface area contributed by atoms with Crippen molar-refractivity contribution in [2.45, 2.75) is 32.0 Å². The maximum absolute atomic E-state index is 12.8. The van der Waals surface area contributed by atoms with Crippen LogP contribution in [0.3, 0.4) is 0 Å². The summed E-state index contributed by atoms with van der Waals surface area (Å²) in [5.41, 5.74) is 7.57. The van der Waals surface area contributed by atoms with Gasteiger partial charge in [0.2, 0.25) is 5.13 Å². The van der Waals surface area contributed by atoms with Crippen LogP contribution in [0.25, 0.3) is 10.2 Å². The van der Waals surface area contributed by atoms with Crippen molar-refractivity contribution in [1.82, 2.24) is 4.98 Å². The molecule has 13 nitrogen and oxygen atoms in total. The van der Waals surface area contributed by atoms with Crippen molar-refractivity contribution in [3.05, 3.63) is 144 Å². The van der Waals surface area contributed by atoms with Gasteiger partial charge in [0.05, 0.1) is 61.6 Å². The predicted molar refractivity (Wildman–Crippen MR) is 221 cm³/mol. The Hall–Kier alpha value is -6.35. The Labute approximate surface area is 340 Å². The minimum atomic E-state index is -1.15. The normalized spacial score (nSPS) is 11.5. The molecule has 2 N–H and O–H groups in total. The third-order valence-corrected chi connectivity index (χ3v) is 9.27. The maximum Gasteiger partial charge on any atom is 0.338 e. The van der Waals surface area contributed by atoms with Gasteiger partial charge in [0.1, 0.15) is 11.5 Å². The van der Waals surface area contributed by atoms with Gasteiger partial charge >= 0.3 is 17.9 Å². The molecule has 1 atom stereocenters. The van der Waals surface area contributed by atoms with Gasteiger partial charge in [-0.3, -0.25) is 5.43 Å². The summed E-state index contributed by atoms with van der Waals surface area (Å²) in [5, 5.41) is 15.9. The fourth-order valence-electron chi connectivity index (χ4n) is 5.32. The average Bonchev–Trinajstić information content (AvgIpc) is 3.67. The highest BCUT2D eigenvalue weighted by Gasteiger charge is 2.12. The van der Waals surface area contributed by atoms with Gasteiger partial charge in [-0.25, -0.2) is 19.4 Å². The number of benzene rings is 4. The molecule has 0 saturated heterocycles. The number of aliphatic hydroxyl groups is 1. The number of hydrogen-bond acceptors (Lipinski definition) is 14. The van der Waals surface area contributed by atoms with Crippen molar-refractivity contribution in [2.75, 3.05) is 45.1 Å². The van der Waals surface area contributed by atoms with Crippen LogP contribution in [0.4, 0.5) is 5.13 Å². The first-order valence-corrected chi connectivity index (χ1v) is 19.4. The van der Waals surface area contributed by atoms with E-state index in [1.165, 1.54) is 11.3 Å². The van der Waals surface area contributed by atoms with Crippen molar-refractivity contribution < 1.29 is 47.9 Å². The van der Waals surface area contributed by atoms with Gasteiger partial charge in [0.15, 0.2) is 6.29 Å². The lowest BCUT2D eigenvalue weighted by Crippen LogP contribution is -2.10. The van der Waals surface area contributed by atoms with Crippen molar-refractivity contribution in [3.63, 3.8) is 0 Å². The largest absolute Gasteiger partial charge is 0.493 e. The van der Waals surface area contributed by atoms with E-state index in [1.54, 1.807) is 54.7 Å². The minimum absolute atomic E-state index is 0.157. The summed E-state index contributed by atoms with van der Waals surface area (Å²) >= 11 is 1.50. The van der Waals surface area contributed by atoms with Gasteiger partial charge < -0.3 is 33.5 Å². The molecule has 0 saturated carbocycles. The second-order valence-electron chi connectivity index (χ2n) is 12.5. The molecule has 1 unspecified atom stereocenters. The highest BCUT2D eigenvalue weighted by molar-refractivity contribution is 7.22. The molecule has 0 fully saturated rings. The summed E-state index contributed by atoms with van der Waals surface area (Å²) in [5.74, 6) is -0.209. The first-order chi connectivity index (χ1) is 28.3. The number of fused-ring (bicyclic) bond motifs is 1. The van der Waals surface area contributed by atoms with Crippen molar-refractivity contribution >= 4 is 50.8 Å². The number of hydrazone groups is 1. The number of aliphatic hydroxyl groups excluding tert-OH is 1. The second kappa shape index (κ2) is 23.0. The van der Waals surface area contributed by atoms with Crippen LogP contribution in [0.5, 0.6) is 11.5 Å².